The monoisotopic (exact) mass is 248 g/mol. The summed E-state index contributed by atoms with van der Waals surface area (Å²) in [6.45, 7) is 1.89. The van der Waals surface area contributed by atoms with Crippen molar-refractivity contribution in [2.24, 2.45) is 0 Å². The lowest BCUT2D eigenvalue weighted by molar-refractivity contribution is -0.136. The highest BCUT2D eigenvalue weighted by Crippen LogP contribution is 2.22. The summed E-state index contributed by atoms with van der Waals surface area (Å²) < 4.78 is 0. The van der Waals surface area contributed by atoms with Crippen LogP contribution in [0.1, 0.15) is 24.9 Å². The minimum atomic E-state index is -0.337. The number of rotatable bonds is 2. The summed E-state index contributed by atoms with van der Waals surface area (Å²) in [5, 5.41) is 2.69. The molecule has 0 radical (unpaired) electrons. The topological polar surface area (TPSA) is 49.4 Å². The maximum Gasteiger partial charge on any atom is 0.238 e. The van der Waals surface area contributed by atoms with Crippen molar-refractivity contribution in [3.63, 3.8) is 0 Å². The molecule has 1 N–H and O–H groups in total. The summed E-state index contributed by atoms with van der Waals surface area (Å²) in [5.74, 6) is -0.591. The molecule has 0 bridgehead atoms. The second-order valence-corrected chi connectivity index (χ2v) is 4.27. The number of carbonyl (C=O) groups excluding carboxylic acids is 2. The molecule has 0 aromatic heterocycles. The summed E-state index contributed by atoms with van der Waals surface area (Å²) >= 11 is 5.03. The Bertz CT molecular complexity index is 453. The highest BCUT2D eigenvalue weighted by atomic mass is 32.1. The molecule has 0 saturated carbocycles. The van der Waals surface area contributed by atoms with E-state index in [1.165, 1.54) is 4.90 Å². The Hall–Kier alpha value is -1.75. The Morgan fingerprint density at radius 3 is 2.53 bits per heavy atom. The summed E-state index contributed by atoms with van der Waals surface area (Å²) in [4.78, 5) is 24.4. The summed E-state index contributed by atoms with van der Waals surface area (Å²) in [5.41, 5.74) is 0.986. The van der Waals surface area contributed by atoms with Gasteiger partial charge >= 0.3 is 0 Å². The molecule has 0 unspecified atom stereocenters. The highest BCUT2D eigenvalue weighted by molar-refractivity contribution is 7.80. The van der Waals surface area contributed by atoms with E-state index in [1.54, 1.807) is 0 Å². The fourth-order valence-electron chi connectivity index (χ4n) is 1.83. The maximum absolute atomic E-state index is 11.8. The molecule has 1 atom stereocenters. The van der Waals surface area contributed by atoms with Gasteiger partial charge in [-0.15, -0.1) is 0 Å². The van der Waals surface area contributed by atoms with Crippen molar-refractivity contribution in [2.75, 3.05) is 0 Å². The molecule has 0 spiro atoms. The minimum Gasteiger partial charge on any atom is -0.302 e. The standard InChI is InChI=1S/C12H12N2O2S/c1-8(9-5-3-2-4-6-9)14-11(16)7-10(15)13-12(14)17/h2-6,8H,7H2,1H3,(H,13,15,17)/t8-/m1/s1. The van der Waals surface area contributed by atoms with Gasteiger partial charge in [0.15, 0.2) is 5.11 Å². The second-order valence-electron chi connectivity index (χ2n) is 3.88. The number of hydrogen-bond donors (Lipinski definition) is 1. The number of benzene rings is 1. The van der Waals surface area contributed by atoms with Crippen LogP contribution in [-0.2, 0) is 9.59 Å². The number of nitrogens with one attached hydrogen (secondary N) is 1. The number of amides is 2. The van der Waals surface area contributed by atoms with Gasteiger partial charge in [-0.1, -0.05) is 30.3 Å². The van der Waals surface area contributed by atoms with E-state index in [-0.39, 0.29) is 29.4 Å². The van der Waals surface area contributed by atoms with E-state index in [0.717, 1.165) is 5.56 Å². The van der Waals surface area contributed by atoms with E-state index in [9.17, 15) is 9.59 Å². The van der Waals surface area contributed by atoms with Crippen molar-refractivity contribution in [2.45, 2.75) is 19.4 Å². The first-order valence-electron chi connectivity index (χ1n) is 5.30. The SMILES string of the molecule is C[C@H](c1ccccc1)N1C(=O)CC(=O)NC1=S. The molecule has 5 heteroatoms. The average molecular weight is 248 g/mol. The predicted octanol–water partition coefficient (Wildman–Crippen LogP) is 1.38. The number of carbonyl (C=O) groups is 2. The van der Waals surface area contributed by atoms with Crippen LogP contribution in [0.15, 0.2) is 30.3 Å². The van der Waals surface area contributed by atoms with Crippen molar-refractivity contribution in [1.29, 1.82) is 0 Å². The lowest BCUT2D eigenvalue weighted by Gasteiger charge is -2.32. The molecule has 1 aromatic rings. The Balaban J connectivity index is 2.25. The zero-order chi connectivity index (χ0) is 12.4. The first-order chi connectivity index (χ1) is 8.09. The van der Waals surface area contributed by atoms with Gasteiger partial charge in [0.05, 0.1) is 6.04 Å². The molecule has 17 heavy (non-hydrogen) atoms. The van der Waals surface area contributed by atoms with E-state index in [4.69, 9.17) is 12.2 Å². The number of thiocarbonyl (C=S) groups is 1. The van der Waals surface area contributed by atoms with Gasteiger partial charge in [0.1, 0.15) is 6.42 Å². The molecule has 1 heterocycles. The molecular weight excluding hydrogens is 236 g/mol. The van der Waals surface area contributed by atoms with Gasteiger partial charge in [0, 0.05) is 0 Å². The van der Waals surface area contributed by atoms with Gasteiger partial charge in [-0.05, 0) is 24.7 Å². The van der Waals surface area contributed by atoms with Gasteiger partial charge in [0.2, 0.25) is 11.8 Å². The molecule has 1 fully saturated rings. The van der Waals surface area contributed by atoms with Gasteiger partial charge in [0.25, 0.3) is 0 Å². The predicted molar refractivity (Wildman–Crippen MR) is 67.1 cm³/mol. The molecule has 4 nitrogen and oxygen atoms in total. The van der Waals surface area contributed by atoms with Crippen molar-refractivity contribution < 1.29 is 9.59 Å². The molecule has 1 aliphatic heterocycles. The summed E-state index contributed by atoms with van der Waals surface area (Å²) in [6, 6.07) is 9.41. The van der Waals surface area contributed by atoms with E-state index < -0.39 is 0 Å². The second kappa shape index (κ2) is 4.63. The molecule has 88 valence electrons. The van der Waals surface area contributed by atoms with Crippen LogP contribution in [0, 0.1) is 0 Å². The highest BCUT2D eigenvalue weighted by Gasteiger charge is 2.31. The van der Waals surface area contributed by atoms with Crippen LogP contribution in [0.4, 0.5) is 0 Å². The number of hydrogen-bond acceptors (Lipinski definition) is 3. The van der Waals surface area contributed by atoms with Crippen LogP contribution in [0.5, 0.6) is 0 Å². The summed E-state index contributed by atoms with van der Waals surface area (Å²) in [6.07, 6.45) is -0.142. The van der Waals surface area contributed by atoms with E-state index in [2.05, 4.69) is 5.32 Å². The van der Waals surface area contributed by atoms with Gasteiger partial charge in [-0.3, -0.25) is 14.5 Å². The van der Waals surface area contributed by atoms with E-state index in [0.29, 0.717) is 0 Å². The molecule has 2 rings (SSSR count). The Labute approximate surface area is 105 Å². The van der Waals surface area contributed by atoms with Crippen LogP contribution in [0.25, 0.3) is 0 Å². The van der Waals surface area contributed by atoms with E-state index >= 15 is 0 Å². The molecule has 1 aliphatic rings. The van der Waals surface area contributed by atoms with Crippen LogP contribution in [0.3, 0.4) is 0 Å². The molecule has 1 saturated heterocycles. The van der Waals surface area contributed by atoms with Gasteiger partial charge in [-0.2, -0.15) is 0 Å². The fourth-order valence-corrected chi connectivity index (χ4v) is 2.21. The van der Waals surface area contributed by atoms with Crippen LogP contribution >= 0.6 is 12.2 Å². The third kappa shape index (κ3) is 2.34. The average Bonchev–Trinajstić information content (AvgIpc) is 2.28. The van der Waals surface area contributed by atoms with Gasteiger partial charge in [-0.25, -0.2) is 0 Å². The quantitative estimate of drug-likeness (QED) is 0.635. The first-order valence-corrected chi connectivity index (χ1v) is 5.71. The smallest absolute Gasteiger partial charge is 0.238 e. The van der Waals surface area contributed by atoms with Crippen LogP contribution < -0.4 is 5.32 Å². The van der Waals surface area contributed by atoms with Crippen molar-refractivity contribution in [1.82, 2.24) is 10.2 Å². The fraction of sp³-hybridized carbons (Fsp3) is 0.250. The maximum atomic E-state index is 11.8. The van der Waals surface area contributed by atoms with Crippen LogP contribution in [0.2, 0.25) is 0 Å². The molecule has 1 aromatic carbocycles. The zero-order valence-corrected chi connectivity index (χ0v) is 10.2. The van der Waals surface area contributed by atoms with Crippen molar-refractivity contribution in [3.8, 4) is 0 Å². The molecule has 2 amide bonds. The summed E-state index contributed by atoms with van der Waals surface area (Å²) in [7, 11) is 0. The third-order valence-electron chi connectivity index (χ3n) is 2.71. The molecule has 0 aliphatic carbocycles. The number of nitrogens with zero attached hydrogens (tertiary/aromatic N) is 1. The van der Waals surface area contributed by atoms with E-state index in [1.807, 2.05) is 37.3 Å². The zero-order valence-electron chi connectivity index (χ0n) is 9.34. The Kier molecular flexibility index (Phi) is 3.19. The lowest BCUT2D eigenvalue weighted by Crippen LogP contribution is -2.53. The minimum absolute atomic E-state index is 0.142. The van der Waals surface area contributed by atoms with Gasteiger partial charge < -0.3 is 5.32 Å². The largest absolute Gasteiger partial charge is 0.302 e. The Morgan fingerprint density at radius 1 is 1.29 bits per heavy atom. The first kappa shape index (κ1) is 11.7. The lowest BCUT2D eigenvalue weighted by atomic mass is 10.1. The molecular formula is C12H12N2O2S. The van der Waals surface area contributed by atoms with Crippen molar-refractivity contribution in [3.05, 3.63) is 35.9 Å². The van der Waals surface area contributed by atoms with Crippen LogP contribution in [-0.4, -0.2) is 21.8 Å². The van der Waals surface area contributed by atoms with Crippen molar-refractivity contribution >= 4 is 29.1 Å². The third-order valence-corrected chi connectivity index (χ3v) is 3.01. The normalized spacial score (nSPS) is 17.9. The Morgan fingerprint density at radius 2 is 1.94 bits per heavy atom.